The molecular formula is C16H22ClN3O3. The molecule has 0 saturated carbocycles. The number of hydrogen-bond acceptors (Lipinski definition) is 4. The van der Waals surface area contributed by atoms with Crippen molar-refractivity contribution in [1.29, 1.82) is 0 Å². The molecular weight excluding hydrogens is 318 g/mol. The summed E-state index contributed by atoms with van der Waals surface area (Å²) in [6.45, 7) is 4.31. The Morgan fingerprint density at radius 1 is 1.09 bits per heavy atom. The first-order valence-electron chi connectivity index (χ1n) is 7.70. The van der Waals surface area contributed by atoms with Crippen molar-refractivity contribution in [2.24, 2.45) is 0 Å². The summed E-state index contributed by atoms with van der Waals surface area (Å²) >= 11 is 5.90. The van der Waals surface area contributed by atoms with Crippen LogP contribution in [0, 0.1) is 0 Å². The number of carbonyl (C=O) groups excluding carboxylic acids is 1. The minimum atomic E-state index is -1.02. The normalized spacial score (nSPS) is 16.7. The molecule has 1 aromatic rings. The first-order chi connectivity index (χ1) is 11.0. The molecule has 0 atom stereocenters. The first-order valence-corrected chi connectivity index (χ1v) is 8.08. The van der Waals surface area contributed by atoms with Gasteiger partial charge in [0.1, 0.15) is 6.54 Å². The van der Waals surface area contributed by atoms with Gasteiger partial charge < -0.3 is 10.4 Å². The molecule has 6 nitrogen and oxygen atoms in total. The third-order valence-electron chi connectivity index (χ3n) is 3.80. The van der Waals surface area contributed by atoms with E-state index in [-0.39, 0.29) is 19.0 Å². The Bertz CT molecular complexity index is 536. The van der Waals surface area contributed by atoms with Crippen LogP contribution in [0.25, 0.3) is 0 Å². The smallest absolute Gasteiger partial charge is 0.322 e. The molecule has 126 valence electrons. The number of nitrogens with one attached hydrogen (secondary N) is 1. The van der Waals surface area contributed by atoms with Gasteiger partial charge in [0.25, 0.3) is 0 Å². The molecule has 2 N–H and O–H groups in total. The maximum Gasteiger partial charge on any atom is 0.322 e. The fraction of sp³-hybridized carbons (Fsp3) is 0.500. The molecule has 0 bridgehead atoms. The highest BCUT2D eigenvalue weighted by Crippen LogP contribution is 2.13. The van der Waals surface area contributed by atoms with E-state index in [4.69, 9.17) is 16.7 Å². The summed E-state index contributed by atoms with van der Waals surface area (Å²) < 4.78 is 0. The number of amides is 1. The van der Waals surface area contributed by atoms with Crippen LogP contribution >= 0.6 is 11.6 Å². The third kappa shape index (κ3) is 6.56. The van der Waals surface area contributed by atoms with E-state index in [1.807, 2.05) is 24.3 Å². The standard InChI is InChI=1S/C16H22ClN3O3/c17-14-4-2-13(3-5-14)11-19-6-1-7-20(9-8-19)12-15(21)18-10-16(22)23/h2-5H,1,6-12H2,(H,18,21)(H,22,23). The van der Waals surface area contributed by atoms with Crippen molar-refractivity contribution in [3.05, 3.63) is 34.9 Å². The molecule has 0 spiro atoms. The van der Waals surface area contributed by atoms with Gasteiger partial charge in [0.05, 0.1) is 6.54 Å². The summed E-state index contributed by atoms with van der Waals surface area (Å²) in [7, 11) is 0. The second kappa shape index (κ2) is 8.86. The predicted octanol–water partition coefficient (Wildman–Crippen LogP) is 1.05. The van der Waals surface area contributed by atoms with Crippen LogP contribution in [-0.2, 0) is 16.1 Å². The van der Waals surface area contributed by atoms with E-state index in [0.717, 1.165) is 44.2 Å². The van der Waals surface area contributed by atoms with E-state index in [1.54, 1.807) is 0 Å². The summed E-state index contributed by atoms with van der Waals surface area (Å²) in [6.07, 6.45) is 0.986. The van der Waals surface area contributed by atoms with Gasteiger partial charge in [-0.25, -0.2) is 0 Å². The number of carboxylic acid groups (broad SMARTS) is 1. The van der Waals surface area contributed by atoms with Crippen LogP contribution in [0.15, 0.2) is 24.3 Å². The van der Waals surface area contributed by atoms with E-state index in [0.29, 0.717) is 0 Å². The zero-order chi connectivity index (χ0) is 16.7. The number of benzene rings is 1. The van der Waals surface area contributed by atoms with E-state index < -0.39 is 5.97 Å². The summed E-state index contributed by atoms with van der Waals surface area (Å²) in [5, 5.41) is 11.7. The van der Waals surface area contributed by atoms with Crippen molar-refractivity contribution < 1.29 is 14.7 Å². The van der Waals surface area contributed by atoms with Gasteiger partial charge in [0.15, 0.2) is 0 Å². The highest BCUT2D eigenvalue weighted by molar-refractivity contribution is 6.30. The Labute approximate surface area is 141 Å². The number of nitrogens with zero attached hydrogens (tertiary/aromatic N) is 2. The third-order valence-corrected chi connectivity index (χ3v) is 4.06. The lowest BCUT2D eigenvalue weighted by molar-refractivity contribution is -0.138. The molecule has 23 heavy (non-hydrogen) atoms. The minimum Gasteiger partial charge on any atom is -0.480 e. The van der Waals surface area contributed by atoms with Crippen LogP contribution in [0.1, 0.15) is 12.0 Å². The van der Waals surface area contributed by atoms with Crippen LogP contribution < -0.4 is 5.32 Å². The van der Waals surface area contributed by atoms with Crippen LogP contribution in [0.3, 0.4) is 0 Å². The second-order valence-electron chi connectivity index (χ2n) is 5.70. The lowest BCUT2D eigenvalue weighted by Crippen LogP contribution is -2.40. The largest absolute Gasteiger partial charge is 0.480 e. The molecule has 0 unspecified atom stereocenters. The predicted molar refractivity (Wildman–Crippen MR) is 88.4 cm³/mol. The van der Waals surface area contributed by atoms with Crippen LogP contribution in [0.2, 0.25) is 5.02 Å². The first kappa shape index (κ1) is 17.7. The Kier molecular flexibility index (Phi) is 6.83. The molecule has 0 aliphatic carbocycles. The molecule has 1 heterocycles. The van der Waals surface area contributed by atoms with Crippen molar-refractivity contribution in [1.82, 2.24) is 15.1 Å². The Morgan fingerprint density at radius 2 is 1.74 bits per heavy atom. The lowest BCUT2D eigenvalue weighted by Gasteiger charge is -2.21. The number of carboxylic acids is 1. The number of halogens is 1. The molecule has 7 heteroatoms. The fourth-order valence-corrected chi connectivity index (χ4v) is 2.75. The van der Waals surface area contributed by atoms with Gasteiger partial charge in [-0.05, 0) is 37.2 Å². The van der Waals surface area contributed by atoms with E-state index in [9.17, 15) is 9.59 Å². The molecule has 2 rings (SSSR count). The highest BCUT2D eigenvalue weighted by Gasteiger charge is 2.17. The van der Waals surface area contributed by atoms with E-state index >= 15 is 0 Å². The second-order valence-corrected chi connectivity index (χ2v) is 6.14. The molecule has 1 saturated heterocycles. The molecule has 0 radical (unpaired) electrons. The quantitative estimate of drug-likeness (QED) is 0.810. The fourth-order valence-electron chi connectivity index (χ4n) is 2.62. The van der Waals surface area contributed by atoms with Gasteiger partial charge >= 0.3 is 5.97 Å². The van der Waals surface area contributed by atoms with Crippen LogP contribution in [0.4, 0.5) is 0 Å². The molecule has 1 aliphatic rings. The SMILES string of the molecule is O=C(O)CNC(=O)CN1CCCN(Cc2ccc(Cl)cc2)CC1. The minimum absolute atomic E-state index is 0.237. The Morgan fingerprint density at radius 3 is 2.43 bits per heavy atom. The van der Waals surface area contributed by atoms with Crippen LogP contribution in [0.5, 0.6) is 0 Å². The summed E-state index contributed by atoms with van der Waals surface area (Å²) in [6, 6.07) is 7.86. The van der Waals surface area contributed by atoms with Crippen LogP contribution in [-0.4, -0.2) is 66.1 Å². The highest BCUT2D eigenvalue weighted by atomic mass is 35.5. The molecule has 1 fully saturated rings. The van der Waals surface area contributed by atoms with Crippen molar-refractivity contribution in [3.63, 3.8) is 0 Å². The van der Waals surface area contributed by atoms with Crippen molar-refractivity contribution in [3.8, 4) is 0 Å². The zero-order valence-electron chi connectivity index (χ0n) is 13.0. The summed E-state index contributed by atoms with van der Waals surface area (Å²) in [4.78, 5) is 26.6. The van der Waals surface area contributed by atoms with Crippen molar-refractivity contribution >= 4 is 23.5 Å². The summed E-state index contributed by atoms with van der Waals surface area (Å²) in [5.41, 5.74) is 1.22. The van der Waals surface area contributed by atoms with Gasteiger partial charge in [-0.1, -0.05) is 23.7 Å². The maximum absolute atomic E-state index is 11.7. The number of carbonyl (C=O) groups is 2. The topological polar surface area (TPSA) is 72.9 Å². The molecule has 1 aromatic carbocycles. The maximum atomic E-state index is 11.7. The summed E-state index contributed by atoms with van der Waals surface area (Å²) in [5.74, 6) is -1.26. The molecule has 1 aliphatic heterocycles. The average Bonchev–Trinajstić information content (AvgIpc) is 2.73. The van der Waals surface area contributed by atoms with Gasteiger partial charge in [0, 0.05) is 24.7 Å². The van der Waals surface area contributed by atoms with E-state index in [1.165, 1.54) is 5.56 Å². The monoisotopic (exact) mass is 339 g/mol. The van der Waals surface area contributed by atoms with Gasteiger partial charge in [0.2, 0.25) is 5.91 Å². The van der Waals surface area contributed by atoms with Crippen molar-refractivity contribution in [2.75, 3.05) is 39.3 Å². The van der Waals surface area contributed by atoms with Crippen molar-refractivity contribution in [2.45, 2.75) is 13.0 Å². The molecule has 0 aromatic heterocycles. The Hall–Kier alpha value is -1.63. The number of rotatable bonds is 6. The molecule has 1 amide bonds. The number of aliphatic carboxylic acids is 1. The van der Waals surface area contributed by atoms with E-state index in [2.05, 4.69) is 15.1 Å². The van der Waals surface area contributed by atoms with Gasteiger partial charge in [-0.3, -0.25) is 19.4 Å². The lowest BCUT2D eigenvalue weighted by atomic mass is 10.2. The Balaban J connectivity index is 1.76. The average molecular weight is 340 g/mol. The van der Waals surface area contributed by atoms with Gasteiger partial charge in [-0.2, -0.15) is 0 Å². The van der Waals surface area contributed by atoms with Gasteiger partial charge in [-0.15, -0.1) is 0 Å². The number of hydrogen-bond donors (Lipinski definition) is 2. The zero-order valence-corrected chi connectivity index (χ0v) is 13.8.